The van der Waals surface area contributed by atoms with E-state index in [1.165, 1.54) is 12.1 Å². The first kappa shape index (κ1) is 23.4. The maximum absolute atomic E-state index is 15.0. The number of anilines is 1. The largest absolute Gasteiger partial charge is 0.480 e. The number of amides is 1. The number of alkyl halides is 3. The highest BCUT2D eigenvalue weighted by atomic mass is 35.5. The van der Waals surface area contributed by atoms with Gasteiger partial charge in [-0.25, -0.2) is 13.8 Å². The highest BCUT2D eigenvalue weighted by Gasteiger charge is 2.39. The number of nitrogens with one attached hydrogen (secondary N) is 1. The second kappa shape index (κ2) is 8.86. The lowest BCUT2D eigenvalue weighted by Gasteiger charge is -2.20. The fourth-order valence-electron chi connectivity index (χ4n) is 2.90. The van der Waals surface area contributed by atoms with Crippen LogP contribution in [-0.2, 0) is 0 Å². The zero-order chi connectivity index (χ0) is 23.9. The Hall–Kier alpha value is -2.79. The monoisotopic (exact) mass is 503 g/mol. The second-order valence-electron chi connectivity index (χ2n) is 7.41. The average Bonchev–Trinajstić information content (AvgIpc) is 3.48. The summed E-state index contributed by atoms with van der Waals surface area (Å²) in [4.78, 5) is 17.0. The predicted octanol–water partition coefficient (Wildman–Crippen LogP) is 6.60. The highest BCUT2D eigenvalue weighted by molar-refractivity contribution is 7.09. The van der Waals surface area contributed by atoms with E-state index in [-0.39, 0.29) is 21.5 Å². The van der Waals surface area contributed by atoms with Gasteiger partial charge in [0.15, 0.2) is 6.10 Å². The summed E-state index contributed by atoms with van der Waals surface area (Å²) in [5, 5.41) is 2.16. The summed E-state index contributed by atoms with van der Waals surface area (Å²) in [6, 6.07) is 5.32. The Balaban J connectivity index is 1.74. The molecule has 2 aromatic carbocycles. The molecule has 0 spiro atoms. The summed E-state index contributed by atoms with van der Waals surface area (Å²) >= 11 is 6.78. The summed E-state index contributed by atoms with van der Waals surface area (Å²) in [6.07, 6.45) is -5.24. The van der Waals surface area contributed by atoms with Crippen LogP contribution in [0.2, 0.25) is 5.02 Å². The number of aromatic nitrogens is 2. The van der Waals surface area contributed by atoms with Crippen LogP contribution in [0.5, 0.6) is 5.75 Å². The predicted molar refractivity (Wildman–Crippen MR) is 113 cm³/mol. The third kappa shape index (κ3) is 5.09. The van der Waals surface area contributed by atoms with Gasteiger partial charge in [-0.2, -0.15) is 17.5 Å². The van der Waals surface area contributed by atoms with Crippen molar-refractivity contribution in [3.63, 3.8) is 0 Å². The topological polar surface area (TPSA) is 64.1 Å². The third-order valence-corrected chi connectivity index (χ3v) is 5.97. The molecule has 1 unspecified atom stereocenters. The van der Waals surface area contributed by atoms with Crippen molar-refractivity contribution in [3.8, 4) is 16.3 Å². The van der Waals surface area contributed by atoms with Crippen molar-refractivity contribution in [1.29, 1.82) is 0 Å². The normalized spacial score (nSPS) is 14.8. The van der Waals surface area contributed by atoms with E-state index >= 15 is 0 Å². The first-order chi connectivity index (χ1) is 15.5. The average molecular weight is 504 g/mol. The van der Waals surface area contributed by atoms with Crippen LogP contribution in [0, 0.1) is 11.6 Å². The number of ether oxygens (including phenoxy) is 1. The molecule has 4 rings (SSSR count). The van der Waals surface area contributed by atoms with E-state index in [2.05, 4.69) is 14.7 Å². The summed E-state index contributed by atoms with van der Waals surface area (Å²) in [5.41, 5.74) is -1.13. The minimum absolute atomic E-state index is 0.142. The lowest BCUT2D eigenvalue weighted by molar-refractivity contribution is -0.189. The Morgan fingerprint density at radius 3 is 2.61 bits per heavy atom. The molecule has 0 bridgehead atoms. The molecule has 1 heterocycles. The number of carbonyl (C=O) groups excluding carboxylic acids is 1. The molecule has 1 fully saturated rings. The van der Waals surface area contributed by atoms with Crippen LogP contribution in [0.25, 0.3) is 10.6 Å². The van der Waals surface area contributed by atoms with Gasteiger partial charge in [-0.15, -0.1) is 0 Å². The van der Waals surface area contributed by atoms with Gasteiger partial charge >= 0.3 is 6.18 Å². The Kier molecular flexibility index (Phi) is 6.28. The summed E-state index contributed by atoms with van der Waals surface area (Å²) in [7, 11) is 0. The highest BCUT2D eigenvalue weighted by Crippen LogP contribution is 2.41. The molecule has 174 valence electrons. The molecule has 1 aliphatic rings. The molecule has 1 N–H and O–H groups in total. The first-order valence-electron chi connectivity index (χ1n) is 9.71. The number of carbonyl (C=O) groups is 1. The Morgan fingerprint density at radius 2 is 1.97 bits per heavy atom. The summed E-state index contributed by atoms with van der Waals surface area (Å²) < 4.78 is 77.6. The lowest BCUT2D eigenvalue weighted by atomic mass is 10.1. The maximum Gasteiger partial charge on any atom is 0.425 e. The SMILES string of the molecule is CC(Oc1cc(-c2nc(C3CC3)ns2)c(F)cc1C(=O)Nc1c(F)cccc1Cl)C(F)(F)F. The van der Waals surface area contributed by atoms with Gasteiger partial charge in [-0.3, -0.25) is 4.79 Å². The quantitative estimate of drug-likeness (QED) is 0.385. The zero-order valence-electron chi connectivity index (χ0n) is 16.8. The van der Waals surface area contributed by atoms with Gasteiger partial charge in [0.1, 0.15) is 28.2 Å². The van der Waals surface area contributed by atoms with Crippen LogP contribution < -0.4 is 10.1 Å². The first-order valence-corrected chi connectivity index (χ1v) is 10.9. The Bertz CT molecular complexity index is 1190. The minimum Gasteiger partial charge on any atom is -0.480 e. The number of benzene rings is 2. The van der Waals surface area contributed by atoms with Gasteiger partial charge in [0, 0.05) is 5.92 Å². The number of halogens is 6. The number of hydrogen-bond donors (Lipinski definition) is 1. The fraction of sp³-hybridized carbons (Fsp3) is 0.286. The van der Waals surface area contributed by atoms with E-state index in [9.17, 15) is 26.7 Å². The Labute approximate surface area is 193 Å². The zero-order valence-corrected chi connectivity index (χ0v) is 18.4. The number of hydrogen-bond acceptors (Lipinski definition) is 5. The molecule has 0 aliphatic heterocycles. The second-order valence-corrected chi connectivity index (χ2v) is 8.57. The molecular formula is C21H15ClF5N3O2S. The van der Waals surface area contributed by atoms with E-state index in [4.69, 9.17) is 16.3 Å². The molecule has 1 amide bonds. The van der Waals surface area contributed by atoms with Crippen molar-refractivity contribution in [2.24, 2.45) is 0 Å². The number of para-hydroxylation sites is 1. The number of nitrogens with zero attached hydrogens (tertiary/aromatic N) is 2. The van der Waals surface area contributed by atoms with Gasteiger partial charge in [0.25, 0.3) is 5.91 Å². The van der Waals surface area contributed by atoms with Crippen molar-refractivity contribution in [2.75, 3.05) is 5.32 Å². The fourth-order valence-corrected chi connectivity index (χ4v) is 3.87. The molecule has 1 atom stereocenters. The summed E-state index contributed by atoms with van der Waals surface area (Å²) in [6.45, 7) is 0.745. The molecule has 5 nitrogen and oxygen atoms in total. The number of rotatable bonds is 6. The Morgan fingerprint density at radius 1 is 1.24 bits per heavy atom. The molecule has 1 aliphatic carbocycles. The van der Waals surface area contributed by atoms with Crippen LogP contribution in [0.3, 0.4) is 0 Å². The van der Waals surface area contributed by atoms with E-state index in [0.29, 0.717) is 5.82 Å². The van der Waals surface area contributed by atoms with Crippen LogP contribution in [0.4, 0.5) is 27.6 Å². The van der Waals surface area contributed by atoms with Crippen LogP contribution in [0.15, 0.2) is 30.3 Å². The van der Waals surface area contributed by atoms with Gasteiger partial charge in [-0.05, 0) is 55.6 Å². The molecule has 3 aromatic rings. The molecule has 1 aromatic heterocycles. The van der Waals surface area contributed by atoms with E-state index < -0.39 is 46.8 Å². The van der Waals surface area contributed by atoms with Gasteiger partial charge < -0.3 is 10.1 Å². The molecule has 1 saturated carbocycles. The molecule has 33 heavy (non-hydrogen) atoms. The van der Waals surface area contributed by atoms with Crippen molar-refractivity contribution in [2.45, 2.75) is 38.0 Å². The third-order valence-electron chi connectivity index (χ3n) is 4.89. The maximum atomic E-state index is 15.0. The van der Waals surface area contributed by atoms with Crippen LogP contribution in [0.1, 0.15) is 41.9 Å². The van der Waals surface area contributed by atoms with E-state index in [1.807, 2.05) is 0 Å². The summed E-state index contributed by atoms with van der Waals surface area (Å²) in [5.74, 6) is -2.73. The molecule has 0 radical (unpaired) electrons. The van der Waals surface area contributed by atoms with E-state index in [0.717, 1.165) is 49.5 Å². The van der Waals surface area contributed by atoms with Gasteiger partial charge in [-0.1, -0.05) is 17.7 Å². The standard InChI is InChI=1S/C21H15ClF5N3O2S/c1-9(21(25,26)27)32-16-8-11(20-29-18(30-33-20)10-5-6-10)15(24)7-12(16)19(31)28-17-13(22)3-2-4-14(17)23/h2-4,7-10H,5-6H2,1H3,(H,28,31). The molecular weight excluding hydrogens is 489 g/mol. The lowest BCUT2D eigenvalue weighted by Crippen LogP contribution is -2.32. The van der Waals surface area contributed by atoms with E-state index in [1.54, 1.807) is 0 Å². The smallest absolute Gasteiger partial charge is 0.425 e. The van der Waals surface area contributed by atoms with Crippen molar-refractivity contribution < 1.29 is 31.5 Å². The molecule has 12 heteroatoms. The minimum atomic E-state index is -4.75. The molecule has 0 saturated heterocycles. The van der Waals surface area contributed by atoms with Crippen molar-refractivity contribution in [1.82, 2.24) is 9.36 Å². The van der Waals surface area contributed by atoms with Crippen molar-refractivity contribution in [3.05, 3.63) is 58.4 Å². The van der Waals surface area contributed by atoms with Crippen LogP contribution >= 0.6 is 23.1 Å². The van der Waals surface area contributed by atoms with Crippen molar-refractivity contribution >= 4 is 34.7 Å². The van der Waals surface area contributed by atoms with Crippen LogP contribution in [-0.4, -0.2) is 27.5 Å². The van der Waals surface area contributed by atoms with Gasteiger partial charge in [0.05, 0.1) is 21.8 Å². The van der Waals surface area contributed by atoms with Gasteiger partial charge in [0.2, 0.25) is 0 Å².